The lowest BCUT2D eigenvalue weighted by atomic mass is 9.95. The number of amides is 1. The van der Waals surface area contributed by atoms with Gasteiger partial charge in [-0.1, -0.05) is 0 Å². The Balaban J connectivity index is 1.14. The van der Waals surface area contributed by atoms with Crippen molar-refractivity contribution in [1.29, 1.82) is 5.26 Å². The molecule has 0 radical (unpaired) electrons. The molecule has 184 valence electrons. The minimum atomic E-state index is -1.07. The number of nitrogens with zero attached hydrogens (tertiary/aromatic N) is 3. The van der Waals surface area contributed by atoms with Crippen LogP contribution >= 0.6 is 0 Å². The van der Waals surface area contributed by atoms with Crippen LogP contribution in [-0.4, -0.2) is 107 Å². The van der Waals surface area contributed by atoms with Crippen LogP contribution in [0.25, 0.3) is 0 Å². The van der Waals surface area contributed by atoms with Crippen molar-refractivity contribution >= 4 is 5.91 Å². The van der Waals surface area contributed by atoms with E-state index in [4.69, 9.17) is 14.2 Å². The SMILES string of the molecule is N#C[C@@H]1CCCN1C(=O)CNC1CCN(C[C@@]23OC[C@@H](O)[C@@H](O)[C@@H]2OC2(CCCC2)O3)CC1. The van der Waals surface area contributed by atoms with E-state index in [2.05, 4.69) is 16.3 Å². The zero-order valence-corrected chi connectivity index (χ0v) is 19.2. The third-order valence-corrected chi connectivity index (χ3v) is 8.00. The van der Waals surface area contributed by atoms with E-state index in [-0.39, 0.29) is 31.1 Å². The molecule has 0 aromatic rings. The second-order valence-electron chi connectivity index (χ2n) is 10.2. The minimum Gasteiger partial charge on any atom is -0.388 e. The van der Waals surface area contributed by atoms with Crippen molar-refractivity contribution in [3.8, 4) is 6.07 Å². The predicted octanol–water partition coefficient (Wildman–Crippen LogP) is -0.311. The summed E-state index contributed by atoms with van der Waals surface area (Å²) in [7, 11) is 0. The summed E-state index contributed by atoms with van der Waals surface area (Å²) in [5.74, 6) is -1.78. The molecule has 3 N–H and O–H groups in total. The number of fused-ring (bicyclic) bond motifs is 1. The van der Waals surface area contributed by atoms with Gasteiger partial charge in [0.25, 0.3) is 0 Å². The van der Waals surface area contributed by atoms with E-state index in [0.29, 0.717) is 13.1 Å². The number of hydrogen-bond donors (Lipinski definition) is 3. The molecular weight excluding hydrogens is 428 g/mol. The van der Waals surface area contributed by atoms with E-state index in [1.807, 2.05) is 0 Å². The van der Waals surface area contributed by atoms with Crippen molar-refractivity contribution in [2.75, 3.05) is 39.3 Å². The molecule has 0 aromatic carbocycles. The molecule has 1 spiro atoms. The number of aliphatic hydroxyl groups is 2. The average molecular weight is 465 g/mol. The fraction of sp³-hybridized carbons (Fsp3) is 0.913. The first-order valence-corrected chi connectivity index (χ1v) is 12.5. The third-order valence-electron chi connectivity index (χ3n) is 8.00. The molecule has 10 nitrogen and oxygen atoms in total. The highest BCUT2D eigenvalue weighted by molar-refractivity contribution is 5.79. The summed E-state index contributed by atoms with van der Waals surface area (Å²) < 4.78 is 18.7. The van der Waals surface area contributed by atoms with Crippen molar-refractivity contribution in [1.82, 2.24) is 15.1 Å². The van der Waals surface area contributed by atoms with E-state index >= 15 is 0 Å². The van der Waals surface area contributed by atoms with E-state index in [9.17, 15) is 20.3 Å². The lowest BCUT2D eigenvalue weighted by Gasteiger charge is -2.44. The van der Waals surface area contributed by atoms with Crippen LogP contribution in [0, 0.1) is 11.3 Å². The quantitative estimate of drug-likeness (QED) is 0.502. The summed E-state index contributed by atoms with van der Waals surface area (Å²) in [6, 6.07) is 2.18. The molecule has 0 unspecified atom stereocenters. The number of rotatable bonds is 5. The molecule has 4 aliphatic heterocycles. The average Bonchev–Trinajstić information content (AvgIpc) is 3.55. The summed E-state index contributed by atoms with van der Waals surface area (Å²) in [6.45, 7) is 3.06. The van der Waals surface area contributed by atoms with Crippen LogP contribution < -0.4 is 5.32 Å². The van der Waals surface area contributed by atoms with Gasteiger partial charge in [0.15, 0.2) is 5.79 Å². The fourth-order valence-electron chi connectivity index (χ4n) is 6.13. The second kappa shape index (κ2) is 9.38. The van der Waals surface area contributed by atoms with Crippen molar-refractivity contribution in [3.05, 3.63) is 0 Å². The Morgan fingerprint density at radius 3 is 2.61 bits per heavy atom. The number of nitrogens with one attached hydrogen (secondary N) is 1. The predicted molar refractivity (Wildman–Crippen MR) is 116 cm³/mol. The van der Waals surface area contributed by atoms with Crippen molar-refractivity contribution < 1.29 is 29.2 Å². The first-order valence-electron chi connectivity index (χ1n) is 12.5. The van der Waals surface area contributed by atoms with Gasteiger partial charge in [0.2, 0.25) is 11.7 Å². The molecule has 5 atom stereocenters. The zero-order chi connectivity index (χ0) is 23.1. The number of carbonyl (C=O) groups excluding carboxylic acids is 1. The summed E-state index contributed by atoms with van der Waals surface area (Å²) in [5.41, 5.74) is 0. The molecular formula is C23H36N4O6. The summed E-state index contributed by atoms with van der Waals surface area (Å²) >= 11 is 0. The van der Waals surface area contributed by atoms with Crippen LogP contribution in [0.5, 0.6) is 0 Å². The Morgan fingerprint density at radius 1 is 1.12 bits per heavy atom. The highest BCUT2D eigenvalue weighted by Gasteiger charge is 2.64. The normalized spacial score (nSPS) is 39.1. The van der Waals surface area contributed by atoms with Gasteiger partial charge < -0.3 is 34.6 Å². The summed E-state index contributed by atoms with van der Waals surface area (Å²) in [6.07, 6.45) is 4.30. The van der Waals surface area contributed by atoms with Crippen molar-refractivity contribution in [2.45, 2.75) is 93.3 Å². The number of hydrogen-bond acceptors (Lipinski definition) is 9. The first kappa shape index (κ1) is 23.4. The molecule has 5 fully saturated rings. The molecule has 4 saturated heterocycles. The maximum absolute atomic E-state index is 12.5. The third kappa shape index (κ3) is 4.52. The number of piperidine rings is 1. The molecule has 0 aromatic heterocycles. The largest absolute Gasteiger partial charge is 0.388 e. The van der Waals surface area contributed by atoms with Crippen molar-refractivity contribution in [2.24, 2.45) is 0 Å². The van der Waals surface area contributed by atoms with Gasteiger partial charge >= 0.3 is 0 Å². The molecule has 5 aliphatic rings. The van der Waals surface area contributed by atoms with Gasteiger partial charge in [-0.25, -0.2) is 0 Å². The maximum Gasteiger partial charge on any atom is 0.237 e. The maximum atomic E-state index is 12.5. The Bertz CT molecular complexity index is 763. The molecule has 1 saturated carbocycles. The number of ether oxygens (including phenoxy) is 3. The second-order valence-corrected chi connectivity index (χ2v) is 10.2. The smallest absolute Gasteiger partial charge is 0.237 e. The number of likely N-dealkylation sites (tertiary alicyclic amines) is 2. The molecule has 4 heterocycles. The topological polar surface area (TPSA) is 128 Å². The highest BCUT2D eigenvalue weighted by atomic mass is 16.8. The highest BCUT2D eigenvalue weighted by Crippen LogP contribution is 2.49. The number of aliphatic hydroxyl groups excluding tert-OH is 2. The Labute approximate surface area is 194 Å². The molecule has 1 aliphatic carbocycles. The van der Waals surface area contributed by atoms with Crippen LogP contribution in [0.4, 0.5) is 0 Å². The zero-order valence-electron chi connectivity index (χ0n) is 19.2. The Kier molecular flexibility index (Phi) is 6.66. The van der Waals surface area contributed by atoms with E-state index in [1.54, 1.807) is 4.90 Å². The van der Waals surface area contributed by atoms with Gasteiger partial charge in [-0.15, -0.1) is 0 Å². The monoisotopic (exact) mass is 464 g/mol. The Hall–Kier alpha value is -1.32. The standard InChI is InChI=1S/C23H36N4O6/c24-12-17-4-3-9-27(17)19(29)13-25-16-5-10-26(11-6-16)15-23-21(20(30)18(28)14-31-23)32-22(33-23)7-1-2-8-22/h16-18,20-21,25,28,30H,1-11,13-15H2/t17-,18+,20+,21-,23-/m0/s1. The van der Waals surface area contributed by atoms with Crippen LogP contribution in [-0.2, 0) is 19.0 Å². The van der Waals surface area contributed by atoms with Gasteiger partial charge in [0.05, 0.1) is 25.8 Å². The molecule has 0 bridgehead atoms. The number of carbonyl (C=O) groups is 1. The van der Waals surface area contributed by atoms with Crippen LogP contribution in [0.3, 0.4) is 0 Å². The lowest BCUT2D eigenvalue weighted by Crippen LogP contribution is -2.64. The lowest BCUT2D eigenvalue weighted by molar-refractivity contribution is -0.301. The van der Waals surface area contributed by atoms with Crippen LogP contribution in [0.1, 0.15) is 51.4 Å². The molecule has 10 heteroatoms. The van der Waals surface area contributed by atoms with Crippen LogP contribution in [0.15, 0.2) is 0 Å². The van der Waals surface area contributed by atoms with Gasteiger partial charge in [-0.2, -0.15) is 5.26 Å². The van der Waals surface area contributed by atoms with E-state index in [0.717, 1.165) is 64.5 Å². The van der Waals surface area contributed by atoms with Gasteiger partial charge in [0, 0.05) is 25.4 Å². The Morgan fingerprint density at radius 2 is 1.88 bits per heavy atom. The van der Waals surface area contributed by atoms with E-state index < -0.39 is 29.9 Å². The van der Waals surface area contributed by atoms with Gasteiger partial charge in [-0.05, 0) is 51.6 Å². The number of nitriles is 1. The van der Waals surface area contributed by atoms with E-state index in [1.165, 1.54) is 0 Å². The fourth-order valence-corrected chi connectivity index (χ4v) is 6.13. The molecule has 33 heavy (non-hydrogen) atoms. The van der Waals surface area contributed by atoms with Gasteiger partial charge in [0.1, 0.15) is 24.4 Å². The molecule has 5 rings (SSSR count). The first-order chi connectivity index (χ1) is 15.9. The van der Waals surface area contributed by atoms with Crippen LogP contribution in [0.2, 0.25) is 0 Å². The summed E-state index contributed by atoms with van der Waals surface area (Å²) in [5, 5.41) is 33.4. The van der Waals surface area contributed by atoms with Crippen molar-refractivity contribution in [3.63, 3.8) is 0 Å². The summed E-state index contributed by atoms with van der Waals surface area (Å²) in [4.78, 5) is 16.5. The molecule has 1 amide bonds. The minimum absolute atomic E-state index is 0.00438. The van der Waals surface area contributed by atoms with Gasteiger partial charge in [-0.3, -0.25) is 9.69 Å².